The van der Waals surface area contributed by atoms with Gasteiger partial charge in [-0.2, -0.15) is 0 Å². The summed E-state index contributed by atoms with van der Waals surface area (Å²) >= 11 is 0. The topological polar surface area (TPSA) is 117 Å². The van der Waals surface area contributed by atoms with Crippen LogP contribution in [0.25, 0.3) is 11.3 Å². The summed E-state index contributed by atoms with van der Waals surface area (Å²) in [7, 11) is -3.81. The van der Waals surface area contributed by atoms with Gasteiger partial charge >= 0.3 is 0 Å². The van der Waals surface area contributed by atoms with Crippen LogP contribution in [0.4, 0.5) is 0 Å². The average Bonchev–Trinajstić information content (AvgIpc) is 2.77. The summed E-state index contributed by atoms with van der Waals surface area (Å²) in [6.07, 6.45) is 5.95. The highest BCUT2D eigenvalue weighted by molar-refractivity contribution is 7.92. The fourth-order valence-corrected chi connectivity index (χ4v) is 4.06. The number of aromatic nitrogens is 2. The highest BCUT2D eigenvalue weighted by atomic mass is 32.2. The standard InChI is InChI=1S/C21H27N3O6S/c1-21(31(2,27)28,20(26)23-30-19-8-4-6-14-29-19)10-13-24-12-9-16(15-18(24)25)17-7-3-5-11-22-17/h3,5,7,9,11-12,15,19H,4,6,8,10,13-14H2,1-2H3,(H,23,26)/t19?,21-/m1/s1. The fraction of sp³-hybridized carbons (Fsp3) is 0.476. The zero-order valence-electron chi connectivity index (χ0n) is 17.6. The highest BCUT2D eigenvalue weighted by Crippen LogP contribution is 2.23. The van der Waals surface area contributed by atoms with Crippen LogP contribution in [0.5, 0.6) is 0 Å². The zero-order chi connectivity index (χ0) is 22.5. The van der Waals surface area contributed by atoms with Crippen molar-refractivity contribution in [1.29, 1.82) is 0 Å². The molecule has 1 fully saturated rings. The van der Waals surface area contributed by atoms with Gasteiger partial charge in [0.05, 0.1) is 5.69 Å². The lowest BCUT2D eigenvalue weighted by atomic mass is 10.1. The van der Waals surface area contributed by atoms with Crippen molar-refractivity contribution in [1.82, 2.24) is 15.0 Å². The quantitative estimate of drug-likeness (QED) is 0.610. The lowest BCUT2D eigenvalue weighted by molar-refractivity contribution is -0.201. The molecule has 1 N–H and O–H groups in total. The largest absolute Gasteiger partial charge is 0.350 e. The smallest absolute Gasteiger partial charge is 0.264 e. The molecule has 168 valence electrons. The van der Waals surface area contributed by atoms with Crippen LogP contribution in [0.15, 0.2) is 47.5 Å². The van der Waals surface area contributed by atoms with E-state index >= 15 is 0 Å². The fourth-order valence-electron chi connectivity index (χ4n) is 3.22. The molecule has 0 radical (unpaired) electrons. The third-order valence-electron chi connectivity index (χ3n) is 5.51. The van der Waals surface area contributed by atoms with Crippen molar-refractivity contribution in [3.05, 3.63) is 53.1 Å². The minimum atomic E-state index is -3.81. The number of nitrogens with zero attached hydrogens (tertiary/aromatic N) is 2. The molecule has 9 nitrogen and oxygen atoms in total. The van der Waals surface area contributed by atoms with Gasteiger partial charge in [0.1, 0.15) is 0 Å². The number of amides is 1. The van der Waals surface area contributed by atoms with Crippen LogP contribution in [-0.2, 0) is 30.8 Å². The summed E-state index contributed by atoms with van der Waals surface area (Å²) in [4.78, 5) is 34.7. The molecule has 3 rings (SSSR count). The van der Waals surface area contributed by atoms with E-state index < -0.39 is 26.8 Å². The maximum Gasteiger partial charge on any atom is 0.264 e. The molecule has 10 heteroatoms. The number of pyridine rings is 2. The number of carbonyl (C=O) groups is 1. The molecular formula is C21H27N3O6S. The third kappa shape index (κ3) is 5.57. The molecule has 0 aromatic carbocycles. The van der Waals surface area contributed by atoms with E-state index in [9.17, 15) is 18.0 Å². The number of aryl methyl sites for hydroxylation is 1. The maximum atomic E-state index is 12.7. The van der Waals surface area contributed by atoms with E-state index in [1.165, 1.54) is 17.6 Å². The van der Waals surface area contributed by atoms with Gasteiger partial charge in [-0.25, -0.2) is 18.7 Å². The van der Waals surface area contributed by atoms with Gasteiger partial charge in [-0.05, 0) is 44.4 Å². The number of nitrogens with one attached hydrogen (secondary N) is 1. The highest BCUT2D eigenvalue weighted by Gasteiger charge is 2.44. The number of ether oxygens (including phenoxy) is 1. The van der Waals surface area contributed by atoms with Gasteiger partial charge in [0.15, 0.2) is 20.9 Å². The summed E-state index contributed by atoms with van der Waals surface area (Å²) in [6.45, 7) is 1.90. The molecule has 1 amide bonds. The minimum absolute atomic E-state index is 0.0399. The van der Waals surface area contributed by atoms with Crippen LogP contribution >= 0.6 is 0 Å². The van der Waals surface area contributed by atoms with Crippen LogP contribution in [0.1, 0.15) is 32.6 Å². The Morgan fingerprint density at radius 1 is 1.35 bits per heavy atom. The lowest BCUT2D eigenvalue weighted by Crippen LogP contribution is -2.51. The Kier molecular flexibility index (Phi) is 7.24. The van der Waals surface area contributed by atoms with E-state index in [4.69, 9.17) is 9.57 Å². The van der Waals surface area contributed by atoms with E-state index in [0.29, 0.717) is 24.3 Å². The van der Waals surface area contributed by atoms with Gasteiger partial charge < -0.3 is 9.30 Å². The third-order valence-corrected chi connectivity index (χ3v) is 7.53. The van der Waals surface area contributed by atoms with Gasteiger partial charge in [-0.15, -0.1) is 0 Å². The molecule has 0 aliphatic carbocycles. The van der Waals surface area contributed by atoms with Crippen LogP contribution in [0.3, 0.4) is 0 Å². The molecule has 31 heavy (non-hydrogen) atoms. The van der Waals surface area contributed by atoms with Crippen molar-refractivity contribution in [3.63, 3.8) is 0 Å². The molecule has 3 heterocycles. The Labute approximate surface area is 181 Å². The lowest BCUT2D eigenvalue weighted by Gasteiger charge is -2.28. The Morgan fingerprint density at radius 3 is 2.77 bits per heavy atom. The second-order valence-electron chi connectivity index (χ2n) is 7.76. The molecule has 2 aromatic heterocycles. The molecule has 0 spiro atoms. The molecule has 1 aliphatic heterocycles. The van der Waals surface area contributed by atoms with Crippen molar-refractivity contribution in [2.75, 3.05) is 12.9 Å². The predicted molar refractivity (Wildman–Crippen MR) is 115 cm³/mol. The number of sulfone groups is 1. The summed E-state index contributed by atoms with van der Waals surface area (Å²) in [5.41, 5.74) is 3.25. The van der Waals surface area contributed by atoms with Crippen LogP contribution < -0.4 is 11.0 Å². The second kappa shape index (κ2) is 9.71. The number of hydrogen-bond acceptors (Lipinski definition) is 7. The first-order valence-corrected chi connectivity index (χ1v) is 12.0. The second-order valence-corrected chi connectivity index (χ2v) is 10.2. The summed E-state index contributed by atoms with van der Waals surface area (Å²) in [6, 6.07) is 8.56. The van der Waals surface area contributed by atoms with E-state index in [1.807, 2.05) is 6.07 Å². The molecule has 1 aliphatic rings. The SMILES string of the molecule is C[C@@](CCn1ccc(-c2ccccn2)cc1=O)(C(=O)NOC1CCCCO1)S(C)(=O)=O. The van der Waals surface area contributed by atoms with Gasteiger partial charge in [0.25, 0.3) is 11.5 Å². The molecule has 1 saturated heterocycles. The normalized spacial score (nSPS) is 18.8. The average molecular weight is 450 g/mol. The van der Waals surface area contributed by atoms with Crippen molar-refractivity contribution in [2.45, 2.75) is 50.2 Å². The van der Waals surface area contributed by atoms with E-state index in [2.05, 4.69) is 10.5 Å². The first kappa shape index (κ1) is 23.1. The molecule has 2 aromatic rings. The minimum Gasteiger partial charge on any atom is -0.350 e. The molecule has 1 unspecified atom stereocenters. The Morgan fingerprint density at radius 2 is 2.16 bits per heavy atom. The molecule has 0 saturated carbocycles. The van der Waals surface area contributed by atoms with Crippen molar-refractivity contribution >= 4 is 15.7 Å². The molecule has 0 bridgehead atoms. The Balaban J connectivity index is 1.71. The van der Waals surface area contributed by atoms with Crippen LogP contribution in [0, 0.1) is 0 Å². The van der Waals surface area contributed by atoms with Crippen molar-refractivity contribution in [2.24, 2.45) is 0 Å². The zero-order valence-corrected chi connectivity index (χ0v) is 18.4. The number of hydroxylamine groups is 1. The number of hydrogen-bond donors (Lipinski definition) is 1. The van der Waals surface area contributed by atoms with E-state index in [-0.39, 0.29) is 18.5 Å². The monoisotopic (exact) mass is 449 g/mol. The van der Waals surface area contributed by atoms with Crippen LogP contribution in [0.2, 0.25) is 0 Å². The van der Waals surface area contributed by atoms with Crippen LogP contribution in [-0.4, -0.2) is 47.8 Å². The Bertz CT molecular complexity index is 1060. The van der Waals surface area contributed by atoms with Gasteiger partial charge in [-0.3, -0.25) is 14.6 Å². The first-order chi connectivity index (χ1) is 14.7. The first-order valence-electron chi connectivity index (χ1n) is 10.1. The van der Waals surface area contributed by atoms with E-state index in [1.54, 1.807) is 30.6 Å². The van der Waals surface area contributed by atoms with Gasteiger partial charge in [0, 0.05) is 49.9 Å². The summed E-state index contributed by atoms with van der Waals surface area (Å²) in [5, 5.41) is 0. The van der Waals surface area contributed by atoms with Gasteiger partial charge in [0.2, 0.25) is 0 Å². The Hall–Kier alpha value is -2.56. The van der Waals surface area contributed by atoms with Crippen molar-refractivity contribution in [3.8, 4) is 11.3 Å². The molecular weight excluding hydrogens is 422 g/mol. The predicted octanol–water partition coefficient (Wildman–Crippen LogP) is 1.68. The number of rotatable bonds is 8. The van der Waals surface area contributed by atoms with Gasteiger partial charge in [-0.1, -0.05) is 6.07 Å². The summed E-state index contributed by atoms with van der Waals surface area (Å²) < 4.78 is 29.9. The summed E-state index contributed by atoms with van der Waals surface area (Å²) in [5.74, 6) is -0.790. The molecule has 2 atom stereocenters. The van der Waals surface area contributed by atoms with Crippen molar-refractivity contribution < 1.29 is 22.8 Å². The van der Waals surface area contributed by atoms with E-state index in [0.717, 1.165) is 19.1 Å². The maximum absolute atomic E-state index is 12.7. The number of carbonyl (C=O) groups excluding carboxylic acids is 1.